The molecule has 5 rings (SSSR count). The average molecular weight is 561 g/mol. The van der Waals surface area contributed by atoms with Crippen molar-refractivity contribution in [3.05, 3.63) is 47.9 Å². The van der Waals surface area contributed by atoms with Crippen molar-refractivity contribution in [3.8, 4) is 11.1 Å². The monoisotopic (exact) mass is 560 g/mol. The third-order valence-electron chi connectivity index (χ3n) is 7.17. The molecule has 1 aromatic heterocycles. The molecule has 212 valence electrons. The molecule has 2 fully saturated rings. The number of piperazine rings is 1. The van der Waals surface area contributed by atoms with Crippen molar-refractivity contribution in [2.75, 3.05) is 74.6 Å². The van der Waals surface area contributed by atoms with Crippen LogP contribution in [0.1, 0.15) is 0 Å². The highest BCUT2D eigenvalue weighted by Crippen LogP contribution is 2.37. The van der Waals surface area contributed by atoms with Crippen LogP contribution in [0.5, 0.6) is 0 Å². The lowest BCUT2D eigenvalue weighted by molar-refractivity contribution is -0.124. The molecule has 3 aliphatic heterocycles. The van der Waals surface area contributed by atoms with Crippen LogP contribution in [0.2, 0.25) is 0 Å². The number of carbonyl (C=O) groups excluding carboxylic acids is 2. The quantitative estimate of drug-likeness (QED) is 0.562. The van der Waals surface area contributed by atoms with Gasteiger partial charge in [0.05, 0.1) is 30.2 Å². The molecule has 3 aliphatic rings. The first kappa shape index (κ1) is 27.7. The van der Waals surface area contributed by atoms with E-state index in [1.165, 1.54) is 12.3 Å². The summed E-state index contributed by atoms with van der Waals surface area (Å²) in [6.45, 7) is 4.60. The van der Waals surface area contributed by atoms with Gasteiger partial charge < -0.3 is 24.8 Å². The fourth-order valence-corrected chi connectivity index (χ4v) is 4.94. The number of alkyl halides is 3. The van der Waals surface area contributed by atoms with E-state index in [1.54, 1.807) is 23.1 Å². The third kappa shape index (κ3) is 5.85. The second-order valence-corrected chi connectivity index (χ2v) is 9.80. The number of aliphatic imine (C=N–C) groups is 1. The van der Waals surface area contributed by atoms with Gasteiger partial charge in [-0.3, -0.25) is 9.59 Å². The van der Waals surface area contributed by atoms with E-state index in [0.717, 1.165) is 13.1 Å². The Labute approximate surface area is 228 Å². The highest BCUT2D eigenvalue weighted by Gasteiger charge is 2.43. The van der Waals surface area contributed by atoms with Gasteiger partial charge in [-0.1, -0.05) is 6.07 Å². The summed E-state index contributed by atoms with van der Waals surface area (Å²) < 4.78 is 62.0. The number of aromatic nitrogens is 1. The second kappa shape index (κ2) is 11.3. The van der Waals surface area contributed by atoms with Crippen LogP contribution in [0.4, 0.5) is 34.8 Å². The largest absolute Gasteiger partial charge is 0.414 e. The van der Waals surface area contributed by atoms with Crippen LogP contribution in [0.3, 0.4) is 0 Å². The predicted octanol–water partition coefficient (Wildman–Crippen LogP) is 3.13. The van der Waals surface area contributed by atoms with Gasteiger partial charge in [0.1, 0.15) is 5.92 Å². The first-order chi connectivity index (χ1) is 19.1. The van der Waals surface area contributed by atoms with Crippen molar-refractivity contribution in [2.45, 2.75) is 6.18 Å². The zero-order chi connectivity index (χ0) is 28.4. The maximum atomic E-state index is 15.7. The molecule has 2 amide bonds. The summed E-state index contributed by atoms with van der Waals surface area (Å²) in [5, 5.41) is 2.61. The summed E-state index contributed by atoms with van der Waals surface area (Å²) in [4.78, 5) is 38.3. The predicted molar refractivity (Wildman–Crippen MR) is 142 cm³/mol. The highest BCUT2D eigenvalue weighted by molar-refractivity contribution is 6.11. The highest BCUT2D eigenvalue weighted by atomic mass is 19.4. The number of amides is 2. The molecule has 0 aliphatic carbocycles. The lowest BCUT2D eigenvalue weighted by Gasteiger charge is -2.35. The maximum Gasteiger partial charge on any atom is 0.414 e. The van der Waals surface area contributed by atoms with E-state index >= 15 is 4.39 Å². The maximum absolute atomic E-state index is 15.7. The normalized spacial score (nSPS) is 20.5. The average Bonchev–Trinajstić information content (AvgIpc) is 2.93. The number of nitrogens with one attached hydrogen (secondary N) is 1. The molecular weight excluding hydrogens is 532 g/mol. The molecule has 0 radical (unpaired) electrons. The van der Waals surface area contributed by atoms with Crippen LogP contribution >= 0.6 is 0 Å². The summed E-state index contributed by atoms with van der Waals surface area (Å²) >= 11 is 0. The Bertz CT molecular complexity index is 1350. The second-order valence-electron chi connectivity index (χ2n) is 9.80. The Morgan fingerprint density at radius 2 is 1.77 bits per heavy atom. The Hall–Kier alpha value is -3.84. The Balaban J connectivity index is 1.51. The molecule has 1 atom stereocenters. The smallest absolute Gasteiger partial charge is 0.378 e. The van der Waals surface area contributed by atoms with E-state index in [0.29, 0.717) is 62.9 Å². The third-order valence-corrected chi connectivity index (χ3v) is 7.17. The molecule has 1 unspecified atom stereocenters. The van der Waals surface area contributed by atoms with Crippen molar-refractivity contribution < 1.29 is 31.9 Å². The van der Waals surface area contributed by atoms with Crippen molar-refractivity contribution in [1.82, 2.24) is 9.88 Å². The lowest BCUT2D eigenvalue weighted by Crippen LogP contribution is -2.44. The van der Waals surface area contributed by atoms with E-state index in [4.69, 9.17) is 4.74 Å². The minimum Gasteiger partial charge on any atom is -0.378 e. The Morgan fingerprint density at radius 1 is 1.05 bits per heavy atom. The number of ether oxygens (including phenoxy) is 1. The number of hydrogen-bond acceptors (Lipinski definition) is 7. The molecule has 1 N–H and O–H groups in total. The van der Waals surface area contributed by atoms with Gasteiger partial charge in [-0.25, -0.2) is 14.4 Å². The molecule has 0 bridgehead atoms. The summed E-state index contributed by atoms with van der Waals surface area (Å²) in [5.41, 5.74) is 0.175. The van der Waals surface area contributed by atoms with Gasteiger partial charge in [-0.15, -0.1) is 0 Å². The van der Waals surface area contributed by atoms with Gasteiger partial charge >= 0.3 is 6.18 Å². The number of nitrogens with zero attached hydrogens (tertiary/aromatic N) is 5. The minimum absolute atomic E-state index is 0.178. The fourth-order valence-electron chi connectivity index (χ4n) is 4.94. The fraction of sp³-hybridized carbons (Fsp3) is 0.407. The number of anilines is 3. The van der Waals surface area contributed by atoms with Crippen LogP contribution in [0.15, 0.2) is 47.1 Å². The van der Waals surface area contributed by atoms with Crippen LogP contribution in [0.25, 0.3) is 11.1 Å². The molecule has 9 nitrogen and oxygen atoms in total. The molecule has 4 heterocycles. The number of benzene rings is 1. The first-order valence-corrected chi connectivity index (χ1v) is 12.8. The SMILES string of the molecule is CN1CCN(c2ccc(-c3ccnc(N4CCOCC4)c3F)cc2NC(=O)C2C=NC(=O)C=C2C(F)(F)F)CC1. The van der Waals surface area contributed by atoms with Gasteiger partial charge in [0.2, 0.25) is 5.91 Å². The van der Waals surface area contributed by atoms with Crippen LogP contribution in [-0.4, -0.2) is 93.6 Å². The molecule has 1 aromatic carbocycles. The summed E-state index contributed by atoms with van der Waals surface area (Å²) in [6.07, 6.45) is -2.37. The molecule has 13 heteroatoms. The molecule has 2 saturated heterocycles. The molecule has 40 heavy (non-hydrogen) atoms. The lowest BCUT2D eigenvalue weighted by atomic mass is 9.95. The number of likely N-dealkylation sites (N-methyl/N-ethyl adjacent to an activating group) is 1. The van der Waals surface area contributed by atoms with E-state index in [2.05, 4.69) is 20.2 Å². The number of halogens is 4. The van der Waals surface area contributed by atoms with Gasteiger partial charge in [-0.05, 0) is 30.8 Å². The van der Waals surface area contributed by atoms with Gasteiger partial charge in [-0.2, -0.15) is 13.2 Å². The number of rotatable bonds is 5. The van der Waals surface area contributed by atoms with Gasteiger partial charge in [0, 0.05) is 63.3 Å². The summed E-state index contributed by atoms with van der Waals surface area (Å²) in [5.74, 6) is -4.27. The topological polar surface area (TPSA) is 90.4 Å². The van der Waals surface area contributed by atoms with Crippen molar-refractivity contribution in [3.63, 3.8) is 0 Å². The van der Waals surface area contributed by atoms with E-state index in [1.807, 2.05) is 11.9 Å². The molecule has 2 aromatic rings. The van der Waals surface area contributed by atoms with E-state index < -0.39 is 35.3 Å². The zero-order valence-electron chi connectivity index (χ0n) is 21.7. The first-order valence-electron chi connectivity index (χ1n) is 12.8. The van der Waals surface area contributed by atoms with Crippen LogP contribution < -0.4 is 15.1 Å². The Morgan fingerprint density at radius 3 is 2.48 bits per heavy atom. The van der Waals surface area contributed by atoms with Crippen LogP contribution in [0, 0.1) is 11.7 Å². The van der Waals surface area contributed by atoms with E-state index in [9.17, 15) is 22.8 Å². The number of hydrogen-bond donors (Lipinski definition) is 1. The standard InChI is InChI=1S/C27H28F4N6O3/c1-35-6-8-36(9-7-35)22-3-2-17(18-4-5-32-25(24(18)28)37-10-12-40-13-11-37)14-21(22)34-26(39)19-16-33-23(38)15-20(19)27(29,30)31/h2-5,14-16,19H,6-13H2,1H3,(H,34,39). The number of pyridine rings is 1. The van der Waals surface area contributed by atoms with Crippen LogP contribution in [-0.2, 0) is 14.3 Å². The summed E-state index contributed by atoms with van der Waals surface area (Å²) in [6, 6.07) is 6.50. The Kier molecular flexibility index (Phi) is 7.86. The molecule has 0 spiro atoms. The summed E-state index contributed by atoms with van der Waals surface area (Å²) in [7, 11) is 1.98. The molecule has 0 saturated carbocycles. The number of carbonyl (C=O) groups is 2. The van der Waals surface area contributed by atoms with Gasteiger partial charge in [0.15, 0.2) is 11.6 Å². The number of morpholine rings is 1. The van der Waals surface area contributed by atoms with Crippen molar-refractivity contribution in [1.29, 1.82) is 0 Å². The van der Waals surface area contributed by atoms with Crippen molar-refractivity contribution in [2.24, 2.45) is 10.9 Å². The van der Waals surface area contributed by atoms with E-state index in [-0.39, 0.29) is 17.1 Å². The van der Waals surface area contributed by atoms with Crippen molar-refractivity contribution >= 4 is 35.2 Å². The number of dihydropyridines is 1. The minimum atomic E-state index is -4.90. The molecular formula is C27H28F4N6O3. The van der Waals surface area contributed by atoms with Gasteiger partial charge in [0.25, 0.3) is 5.91 Å². The zero-order valence-corrected chi connectivity index (χ0v) is 21.7.